The van der Waals surface area contributed by atoms with Crippen molar-refractivity contribution < 1.29 is 0 Å². The fraction of sp³-hybridized carbons (Fsp3) is 0.0909. The van der Waals surface area contributed by atoms with Crippen LogP contribution < -0.4 is 0 Å². The number of aromatic nitrogens is 2. The molecule has 0 aliphatic heterocycles. The Morgan fingerprint density at radius 1 is 1.12 bits per heavy atom. The zero-order chi connectivity index (χ0) is 12.4. The Labute approximate surface area is 118 Å². The maximum Gasteiger partial charge on any atom is 0.223 e. The molecular weight excluding hydrogens is 299 g/mol. The van der Waals surface area contributed by atoms with E-state index in [1.165, 1.54) is 11.8 Å². The van der Waals surface area contributed by atoms with Gasteiger partial charge in [0.05, 0.1) is 10.0 Å². The number of rotatable bonds is 2. The zero-order valence-corrected chi connectivity index (χ0v) is 11.8. The molecule has 0 radical (unpaired) electrons. The summed E-state index contributed by atoms with van der Waals surface area (Å²) in [5, 5.41) is 2.10. The SMILES string of the molecule is Cc1cnc(Cl)nc1Sc1ccc(Cl)c(Cl)c1. The van der Waals surface area contributed by atoms with E-state index in [0.29, 0.717) is 10.0 Å². The van der Waals surface area contributed by atoms with Gasteiger partial charge in [0, 0.05) is 16.7 Å². The number of nitrogens with zero attached hydrogens (tertiary/aromatic N) is 2. The first kappa shape index (κ1) is 13.0. The standard InChI is InChI=1S/C11H7Cl3N2S/c1-6-5-15-11(14)16-10(6)17-7-2-3-8(12)9(13)4-7/h2-5H,1H3. The highest BCUT2D eigenvalue weighted by atomic mass is 35.5. The van der Waals surface area contributed by atoms with E-state index in [9.17, 15) is 0 Å². The van der Waals surface area contributed by atoms with Crippen molar-refractivity contribution in [1.82, 2.24) is 9.97 Å². The molecule has 6 heteroatoms. The number of hydrogen-bond donors (Lipinski definition) is 0. The van der Waals surface area contributed by atoms with Crippen molar-refractivity contribution in [3.8, 4) is 0 Å². The molecular formula is C11H7Cl3N2S. The molecule has 0 N–H and O–H groups in total. The Kier molecular flexibility index (Phi) is 4.15. The van der Waals surface area contributed by atoms with Gasteiger partial charge in [-0.25, -0.2) is 9.97 Å². The van der Waals surface area contributed by atoms with Crippen LogP contribution in [-0.2, 0) is 0 Å². The average molecular weight is 306 g/mol. The predicted molar refractivity (Wildman–Crippen MR) is 72.4 cm³/mol. The molecule has 0 bridgehead atoms. The zero-order valence-electron chi connectivity index (χ0n) is 8.75. The summed E-state index contributed by atoms with van der Waals surface area (Å²) in [6.45, 7) is 1.93. The molecule has 0 fully saturated rings. The first-order valence-electron chi connectivity index (χ1n) is 4.68. The molecule has 0 saturated heterocycles. The molecule has 0 aliphatic carbocycles. The average Bonchev–Trinajstić information content (AvgIpc) is 2.29. The highest BCUT2D eigenvalue weighted by Gasteiger charge is 2.06. The monoisotopic (exact) mass is 304 g/mol. The van der Waals surface area contributed by atoms with Crippen LogP contribution in [0.1, 0.15) is 5.56 Å². The number of aryl methyl sites for hydroxylation is 1. The summed E-state index contributed by atoms with van der Waals surface area (Å²) in [6, 6.07) is 5.43. The predicted octanol–water partition coefficient (Wildman–Crippen LogP) is 4.90. The Balaban J connectivity index is 2.31. The fourth-order valence-electron chi connectivity index (χ4n) is 1.16. The van der Waals surface area contributed by atoms with Gasteiger partial charge in [0.15, 0.2) is 0 Å². The van der Waals surface area contributed by atoms with E-state index in [1.807, 2.05) is 13.0 Å². The molecule has 17 heavy (non-hydrogen) atoms. The molecule has 2 rings (SSSR count). The molecule has 88 valence electrons. The van der Waals surface area contributed by atoms with Crippen LogP contribution in [-0.4, -0.2) is 9.97 Å². The lowest BCUT2D eigenvalue weighted by Gasteiger charge is -2.05. The van der Waals surface area contributed by atoms with Crippen molar-refractivity contribution in [1.29, 1.82) is 0 Å². The second kappa shape index (κ2) is 5.44. The van der Waals surface area contributed by atoms with Crippen LogP contribution in [0.4, 0.5) is 0 Å². The van der Waals surface area contributed by atoms with E-state index in [-0.39, 0.29) is 5.28 Å². The minimum Gasteiger partial charge on any atom is -0.226 e. The lowest BCUT2D eigenvalue weighted by atomic mass is 10.4. The van der Waals surface area contributed by atoms with Gasteiger partial charge in [-0.05, 0) is 36.7 Å². The molecule has 0 amide bonds. The third-order valence-corrected chi connectivity index (χ3v) is 4.02. The van der Waals surface area contributed by atoms with Gasteiger partial charge in [0.25, 0.3) is 0 Å². The molecule has 1 aromatic heterocycles. The maximum atomic E-state index is 5.95. The van der Waals surface area contributed by atoms with Crippen LogP contribution in [0, 0.1) is 6.92 Å². The van der Waals surface area contributed by atoms with Crippen LogP contribution >= 0.6 is 46.6 Å². The number of hydrogen-bond acceptors (Lipinski definition) is 3. The quantitative estimate of drug-likeness (QED) is 0.583. The summed E-state index contributed by atoms with van der Waals surface area (Å²) in [7, 11) is 0. The van der Waals surface area contributed by atoms with Crippen molar-refractivity contribution >= 4 is 46.6 Å². The summed E-state index contributed by atoms with van der Waals surface area (Å²) in [4.78, 5) is 9.02. The van der Waals surface area contributed by atoms with Crippen molar-refractivity contribution in [2.75, 3.05) is 0 Å². The molecule has 1 aromatic carbocycles. The van der Waals surface area contributed by atoms with Gasteiger partial charge in [0.2, 0.25) is 5.28 Å². The van der Waals surface area contributed by atoms with Crippen molar-refractivity contribution in [3.63, 3.8) is 0 Å². The van der Waals surface area contributed by atoms with Crippen LogP contribution in [0.15, 0.2) is 34.3 Å². The van der Waals surface area contributed by atoms with Crippen LogP contribution in [0.2, 0.25) is 15.3 Å². The largest absolute Gasteiger partial charge is 0.226 e. The lowest BCUT2D eigenvalue weighted by Crippen LogP contribution is -1.89. The normalized spacial score (nSPS) is 10.6. The van der Waals surface area contributed by atoms with Crippen LogP contribution in [0.25, 0.3) is 0 Å². The topological polar surface area (TPSA) is 25.8 Å². The number of halogens is 3. The smallest absolute Gasteiger partial charge is 0.223 e. The van der Waals surface area contributed by atoms with Crippen molar-refractivity contribution in [3.05, 3.63) is 45.3 Å². The molecule has 1 heterocycles. The molecule has 0 unspecified atom stereocenters. The molecule has 0 atom stereocenters. The Hall–Kier alpha value is -0.480. The van der Waals surface area contributed by atoms with E-state index in [0.717, 1.165) is 15.5 Å². The van der Waals surface area contributed by atoms with Gasteiger partial charge in [-0.1, -0.05) is 35.0 Å². The second-order valence-corrected chi connectivity index (χ2v) is 5.52. The van der Waals surface area contributed by atoms with Crippen LogP contribution in [0.5, 0.6) is 0 Å². The van der Waals surface area contributed by atoms with Gasteiger partial charge in [-0.3, -0.25) is 0 Å². The molecule has 0 aliphatic rings. The first-order valence-corrected chi connectivity index (χ1v) is 6.63. The summed E-state index contributed by atoms with van der Waals surface area (Å²) in [5.74, 6) is 0. The van der Waals surface area contributed by atoms with Gasteiger partial charge in [-0.2, -0.15) is 0 Å². The van der Waals surface area contributed by atoms with Gasteiger partial charge >= 0.3 is 0 Å². The highest BCUT2D eigenvalue weighted by molar-refractivity contribution is 7.99. The highest BCUT2D eigenvalue weighted by Crippen LogP contribution is 2.33. The van der Waals surface area contributed by atoms with Crippen LogP contribution in [0.3, 0.4) is 0 Å². The first-order chi connectivity index (χ1) is 8.06. The molecule has 2 nitrogen and oxygen atoms in total. The lowest BCUT2D eigenvalue weighted by molar-refractivity contribution is 1.00. The summed E-state index contributed by atoms with van der Waals surface area (Å²) >= 11 is 19.0. The van der Waals surface area contributed by atoms with E-state index >= 15 is 0 Å². The summed E-state index contributed by atoms with van der Waals surface area (Å²) < 4.78 is 0. The maximum absolute atomic E-state index is 5.95. The third-order valence-electron chi connectivity index (χ3n) is 2.00. The summed E-state index contributed by atoms with van der Waals surface area (Å²) in [6.07, 6.45) is 1.69. The Morgan fingerprint density at radius 3 is 2.59 bits per heavy atom. The minimum atomic E-state index is 0.234. The second-order valence-electron chi connectivity index (χ2n) is 3.31. The van der Waals surface area contributed by atoms with Gasteiger partial charge in [-0.15, -0.1) is 0 Å². The Morgan fingerprint density at radius 2 is 1.88 bits per heavy atom. The van der Waals surface area contributed by atoms with E-state index < -0.39 is 0 Å². The minimum absolute atomic E-state index is 0.234. The van der Waals surface area contributed by atoms with E-state index in [1.54, 1.807) is 18.3 Å². The third kappa shape index (κ3) is 3.26. The van der Waals surface area contributed by atoms with Crippen molar-refractivity contribution in [2.45, 2.75) is 16.8 Å². The van der Waals surface area contributed by atoms with E-state index in [2.05, 4.69) is 9.97 Å². The van der Waals surface area contributed by atoms with Gasteiger partial charge in [0.1, 0.15) is 5.03 Å². The molecule has 2 aromatic rings. The van der Waals surface area contributed by atoms with Gasteiger partial charge < -0.3 is 0 Å². The van der Waals surface area contributed by atoms with Crippen molar-refractivity contribution in [2.24, 2.45) is 0 Å². The Bertz CT molecular complexity index is 560. The molecule has 0 spiro atoms. The summed E-state index contributed by atoms with van der Waals surface area (Å²) in [5.41, 5.74) is 0.963. The number of benzene rings is 1. The molecule has 0 saturated carbocycles. The van der Waals surface area contributed by atoms with E-state index in [4.69, 9.17) is 34.8 Å². The fourth-order valence-corrected chi connectivity index (χ4v) is 2.59.